The number of nitrogens with two attached hydrogens (primary N) is 1. The van der Waals surface area contributed by atoms with Crippen LogP contribution in [0.3, 0.4) is 0 Å². The largest absolute Gasteiger partial charge is 0.456 e. The number of fused-ring (bicyclic) bond motifs is 1. The molecule has 130 valence electrons. The second-order valence-corrected chi connectivity index (χ2v) is 5.20. The molecule has 1 aliphatic rings. The minimum atomic E-state index is -4.50. The number of cyclic esters (lactones) is 1. The highest BCUT2D eigenvalue weighted by molar-refractivity contribution is 6.09. The second kappa shape index (κ2) is 5.65. The number of nitrogen functional groups attached to an aromatic ring is 1. The molecule has 2 heterocycles. The van der Waals surface area contributed by atoms with Crippen molar-refractivity contribution < 1.29 is 27.5 Å². The molecule has 0 radical (unpaired) electrons. The van der Waals surface area contributed by atoms with Crippen LogP contribution in [0, 0.1) is 0 Å². The Kier molecular flexibility index (Phi) is 3.74. The molecule has 0 bridgehead atoms. The lowest BCUT2D eigenvalue weighted by Crippen LogP contribution is -2.27. The first-order chi connectivity index (χ1) is 11.7. The van der Waals surface area contributed by atoms with Crippen LogP contribution >= 0.6 is 0 Å². The Labute approximate surface area is 137 Å². The topological polar surface area (TPSA) is 114 Å². The van der Waals surface area contributed by atoms with E-state index in [2.05, 4.69) is 10.3 Å². The van der Waals surface area contributed by atoms with Gasteiger partial charge in [0, 0.05) is 11.3 Å². The average molecular weight is 353 g/mol. The summed E-state index contributed by atoms with van der Waals surface area (Å²) >= 11 is 0. The number of H-pyrrole nitrogens is 1. The van der Waals surface area contributed by atoms with Crippen molar-refractivity contribution in [1.82, 2.24) is 4.98 Å². The summed E-state index contributed by atoms with van der Waals surface area (Å²) in [4.78, 5) is 37.9. The zero-order valence-corrected chi connectivity index (χ0v) is 12.4. The maximum absolute atomic E-state index is 12.5. The Morgan fingerprint density at radius 2 is 1.84 bits per heavy atom. The van der Waals surface area contributed by atoms with E-state index in [9.17, 15) is 27.6 Å². The number of nitrogens with one attached hydrogen (secondary N) is 2. The molecule has 0 saturated carbocycles. The molecule has 3 rings (SSSR count). The minimum absolute atomic E-state index is 0.0459. The van der Waals surface area contributed by atoms with Crippen molar-refractivity contribution in [1.29, 1.82) is 0 Å². The molecule has 25 heavy (non-hydrogen) atoms. The number of esters is 1. The van der Waals surface area contributed by atoms with E-state index >= 15 is 0 Å². The third-order valence-corrected chi connectivity index (χ3v) is 3.61. The Hall–Kier alpha value is -3.30. The van der Waals surface area contributed by atoms with Gasteiger partial charge in [-0.15, -0.1) is 0 Å². The number of hydrogen-bond acceptors (Lipinski definition) is 5. The number of aromatic nitrogens is 1. The van der Waals surface area contributed by atoms with Gasteiger partial charge in [0.25, 0.3) is 11.5 Å². The van der Waals surface area contributed by atoms with Crippen LogP contribution in [-0.2, 0) is 17.5 Å². The molecular formula is C15H10F3N3O4. The van der Waals surface area contributed by atoms with Gasteiger partial charge < -0.3 is 20.8 Å². The molecule has 7 nitrogen and oxygen atoms in total. The number of amides is 1. The summed E-state index contributed by atoms with van der Waals surface area (Å²) in [5, 5.41) is 2.29. The summed E-state index contributed by atoms with van der Waals surface area (Å²) in [6.45, 7) is -0.183. The number of hydrogen-bond donors (Lipinski definition) is 3. The number of carbonyl (C=O) groups excluding carboxylic acids is 2. The molecule has 0 saturated heterocycles. The van der Waals surface area contributed by atoms with E-state index in [1.807, 2.05) is 0 Å². The zero-order valence-electron chi connectivity index (χ0n) is 12.4. The number of alkyl halides is 3. The van der Waals surface area contributed by atoms with Crippen molar-refractivity contribution in [3.05, 3.63) is 57.0 Å². The van der Waals surface area contributed by atoms with Crippen LogP contribution in [0.5, 0.6) is 0 Å². The molecule has 1 amide bonds. The maximum atomic E-state index is 12.5. The lowest BCUT2D eigenvalue weighted by Gasteiger charge is -2.10. The van der Waals surface area contributed by atoms with Crippen LogP contribution in [0.15, 0.2) is 29.1 Å². The molecule has 10 heteroatoms. The van der Waals surface area contributed by atoms with Gasteiger partial charge in [0.2, 0.25) is 0 Å². The Balaban J connectivity index is 1.90. The van der Waals surface area contributed by atoms with Gasteiger partial charge in [0.1, 0.15) is 17.9 Å². The summed E-state index contributed by atoms with van der Waals surface area (Å²) in [7, 11) is 0. The number of carbonyl (C=O) groups is 2. The highest BCUT2D eigenvalue weighted by Gasteiger charge is 2.31. The number of pyridine rings is 1. The first kappa shape index (κ1) is 16.6. The van der Waals surface area contributed by atoms with Gasteiger partial charge in [0.15, 0.2) is 0 Å². The molecule has 0 spiro atoms. The first-order valence-electron chi connectivity index (χ1n) is 6.89. The lowest BCUT2D eigenvalue weighted by atomic mass is 10.1. The molecule has 0 unspecified atom stereocenters. The van der Waals surface area contributed by atoms with E-state index < -0.39 is 34.7 Å². The van der Waals surface area contributed by atoms with Crippen molar-refractivity contribution in [3.8, 4) is 0 Å². The van der Waals surface area contributed by atoms with Crippen molar-refractivity contribution in [2.75, 3.05) is 11.1 Å². The molecule has 0 aliphatic carbocycles. The monoisotopic (exact) mass is 353 g/mol. The van der Waals surface area contributed by atoms with E-state index in [0.29, 0.717) is 0 Å². The van der Waals surface area contributed by atoms with E-state index in [1.165, 1.54) is 0 Å². The predicted molar refractivity (Wildman–Crippen MR) is 80.0 cm³/mol. The Morgan fingerprint density at radius 3 is 2.44 bits per heavy atom. The van der Waals surface area contributed by atoms with Crippen molar-refractivity contribution in [2.45, 2.75) is 12.8 Å². The van der Waals surface area contributed by atoms with Crippen LogP contribution in [0.4, 0.5) is 24.5 Å². The van der Waals surface area contributed by atoms with Gasteiger partial charge >= 0.3 is 12.1 Å². The number of halogens is 3. The van der Waals surface area contributed by atoms with Crippen molar-refractivity contribution in [3.63, 3.8) is 0 Å². The van der Waals surface area contributed by atoms with Crippen LogP contribution in [0.2, 0.25) is 0 Å². The second-order valence-electron chi connectivity index (χ2n) is 5.20. The number of rotatable bonds is 2. The smallest absolute Gasteiger partial charge is 0.416 e. The van der Waals surface area contributed by atoms with Crippen LogP contribution in [0.25, 0.3) is 0 Å². The van der Waals surface area contributed by atoms with Gasteiger partial charge in [-0.25, -0.2) is 4.79 Å². The van der Waals surface area contributed by atoms with Crippen LogP contribution in [0.1, 0.15) is 32.0 Å². The molecule has 1 aromatic heterocycles. The molecular weight excluding hydrogens is 343 g/mol. The fourth-order valence-electron chi connectivity index (χ4n) is 2.35. The van der Waals surface area contributed by atoms with Crippen LogP contribution in [-0.4, -0.2) is 16.9 Å². The molecule has 1 aliphatic heterocycles. The summed E-state index contributed by atoms with van der Waals surface area (Å²) in [6.07, 6.45) is -4.50. The number of anilines is 2. The molecule has 0 fully saturated rings. The number of aromatic amines is 1. The number of benzene rings is 1. The molecule has 4 N–H and O–H groups in total. The quantitative estimate of drug-likeness (QED) is 0.714. The minimum Gasteiger partial charge on any atom is -0.456 e. The van der Waals surface area contributed by atoms with Gasteiger partial charge in [-0.05, 0) is 24.3 Å². The van der Waals surface area contributed by atoms with Gasteiger partial charge in [-0.3, -0.25) is 9.59 Å². The predicted octanol–water partition coefficient (Wildman–Crippen LogP) is 1.90. The highest BCUT2D eigenvalue weighted by Crippen LogP contribution is 2.30. The third-order valence-electron chi connectivity index (χ3n) is 3.61. The SMILES string of the molecule is Nc1c2c([nH]c(=O)c1C(=O)Nc1ccc(C(F)(F)F)cc1)C(=O)OC2. The number of ether oxygens (including phenoxy) is 1. The fraction of sp³-hybridized carbons (Fsp3) is 0.133. The van der Waals surface area contributed by atoms with Crippen molar-refractivity contribution >= 4 is 23.3 Å². The van der Waals surface area contributed by atoms with E-state index in [-0.39, 0.29) is 29.2 Å². The molecule has 0 atom stereocenters. The van der Waals surface area contributed by atoms with E-state index in [0.717, 1.165) is 24.3 Å². The summed E-state index contributed by atoms with van der Waals surface area (Å²) < 4.78 is 42.3. The van der Waals surface area contributed by atoms with Crippen molar-refractivity contribution in [2.24, 2.45) is 0 Å². The van der Waals surface area contributed by atoms with E-state index in [4.69, 9.17) is 10.5 Å². The van der Waals surface area contributed by atoms with Gasteiger partial charge in [-0.2, -0.15) is 13.2 Å². The summed E-state index contributed by atoms with van der Waals surface area (Å²) in [5.74, 6) is -1.67. The summed E-state index contributed by atoms with van der Waals surface area (Å²) in [6, 6.07) is 3.67. The normalized spacial score (nSPS) is 13.3. The Morgan fingerprint density at radius 1 is 1.20 bits per heavy atom. The summed E-state index contributed by atoms with van der Waals surface area (Å²) in [5.41, 5.74) is 3.44. The highest BCUT2D eigenvalue weighted by atomic mass is 19.4. The van der Waals surface area contributed by atoms with Gasteiger partial charge in [0.05, 0.1) is 11.3 Å². The molecule has 1 aromatic carbocycles. The first-order valence-corrected chi connectivity index (χ1v) is 6.89. The Bertz CT molecular complexity index is 933. The molecule has 2 aromatic rings. The zero-order chi connectivity index (χ0) is 18.4. The average Bonchev–Trinajstić information content (AvgIpc) is 2.88. The van der Waals surface area contributed by atoms with E-state index in [1.54, 1.807) is 0 Å². The maximum Gasteiger partial charge on any atom is 0.416 e. The lowest BCUT2D eigenvalue weighted by molar-refractivity contribution is -0.137. The fourth-order valence-corrected chi connectivity index (χ4v) is 2.35. The van der Waals surface area contributed by atoms with Gasteiger partial charge in [-0.1, -0.05) is 0 Å². The standard InChI is InChI=1S/C15H10F3N3O4/c16-15(17,18)6-1-3-7(4-2-6)20-12(22)9-10(19)8-5-25-14(24)11(8)21-13(9)23/h1-4H,5H2,(H,20,22)(H3,19,21,23). The third kappa shape index (κ3) is 2.93. The van der Waals surface area contributed by atoms with Crippen LogP contribution < -0.4 is 16.6 Å².